The molecule has 1 unspecified atom stereocenters. The summed E-state index contributed by atoms with van der Waals surface area (Å²) in [5.41, 5.74) is 0. The summed E-state index contributed by atoms with van der Waals surface area (Å²) >= 11 is 0. The summed E-state index contributed by atoms with van der Waals surface area (Å²) in [6, 6.07) is 0. The van der Waals surface area contributed by atoms with E-state index in [0.29, 0.717) is 25.7 Å². The van der Waals surface area contributed by atoms with Crippen molar-refractivity contribution in [3.63, 3.8) is 0 Å². The van der Waals surface area contributed by atoms with Gasteiger partial charge >= 0.3 is 29.6 Å². The maximum Gasteiger partial charge on any atom is 1.00 e. The molecular formula is C20H41NaO4S. The molecular weight excluding hydrogens is 359 g/mol. The van der Waals surface area contributed by atoms with Crippen molar-refractivity contribution < 1.29 is 47.6 Å². The molecule has 4 nitrogen and oxygen atoms in total. The molecule has 1 atom stereocenters. The molecule has 0 aliphatic carbocycles. The minimum absolute atomic E-state index is 0. The third kappa shape index (κ3) is 19.6. The van der Waals surface area contributed by atoms with Gasteiger partial charge in [-0.25, -0.2) is 8.42 Å². The Balaban J connectivity index is 0. The Morgan fingerprint density at radius 1 is 0.692 bits per heavy atom. The van der Waals surface area contributed by atoms with Gasteiger partial charge in [0.1, 0.15) is 0 Å². The maximum absolute atomic E-state index is 11.3. The van der Waals surface area contributed by atoms with Crippen LogP contribution in [0, 0.1) is 0 Å². The summed E-state index contributed by atoms with van der Waals surface area (Å²) in [6.07, 6.45) is 18.1. The molecule has 6 heteroatoms. The van der Waals surface area contributed by atoms with Gasteiger partial charge in [-0.3, -0.25) is 0 Å². The molecule has 0 saturated heterocycles. The minimum atomic E-state index is -4.18. The van der Waals surface area contributed by atoms with Crippen LogP contribution in [0.15, 0.2) is 0 Å². The van der Waals surface area contributed by atoms with Crippen molar-refractivity contribution in [1.82, 2.24) is 0 Å². The van der Waals surface area contributed by atoms with Gasteiger partial charge in [0, 0.05) is 11.9 Å². The summed E-state index contributed by atoms with van der Waals surface area (Å²) < 4.78 is 34.0. The quantitative estimate of drug-likeness (QED) is 0.205. The van der Waals surface area contributed by atoms with E-state index in [4.69, 9.17) is 5.11 Å². The van der Waals surface area contributed by atoms with Gasteiger partial charge in [-0.2, -0.15) is 0 Å². The van der Waals surface area contributed by atoms with Crippen LogP contribution in [0.2, 0.25) is 0 Å². The van der Waals surface area contributed by atoms with Crippen LogP contribution < -0.4 is 29.6 Å². The molecule has 0 fully saturated rings. The number of hydrogen-bond acceptors (Lipinski definition) is 4. The van der Waals surface area contributed by atoms with Crippen molar-refractivity contribution in [2.75, 3.05) is 6.61 Å². The minimum Gasteiger partial charge on any atom is -0.748 e. The van der Waals surface area contributed by atoms with Crippen LogP contribution >= 0.6 is 0 Å². The molecule has 0 aromatic rings. The van der Waals surface area contributed by atoms with E-state index < -0.39 is 15.4 Å². The molecule has 0 aromatic heterocycles. The molecule has 0 heterocycles. The SMILES string of the molecule is CCCCCCCCCCCCCCC(CCCCCO)S(=O)(=O)[O-].[Na+]. The first kappa shape index (κ1) is 29.1. The monoisotopic (exact) mass is 400 g/mol. The Bertz CT molecular complexity index is 374. The molecule has 0 saturated carbocycles. The van der Waals surface area contributed by atoms with Gasteiger partial charge in [-0.05, 0) is 19.3 Å². The Kier molecular flexibility index (Phi) is 23.0. The second-order valence-corrected chi connectivity index (χ2v) is 9.02. The van der Waals surface area contributed by atoms with Crippen molar-refractivity contribution in [3.8, 4) is 0 Å². The zero-order valence-electron chi connectivity index (χ0n) is 17.4. The summed E-state index contributed by atoms with van der Waals surface area (Å²) in [7, 11) is -4.18. The molecule has 0 aliphatic rings. The number of unbranched alkanes of at least 4 members (excludes halogenated alkanes) is 13. The average Bonchev–Trinajstić information content (AvgIpc) is 2.56. The van der Waals surface area contributed by atoms with E-state index in [0.717, 1.165) is 25.7 Å². The van der Waals surface area contributed by atoms with Crippen molar-refractivity contribution >= 4 is 10.1 Å². The fourth-order valence-corrected chi connectivity index (χ4v) is 4.22. The van der Waals surface area contributed by atoms with E-state index in [9.17, 15) is 13.0 Å². The first-order valence-electron chi connectivity index (χ1n) is 10.6. The van der Waals surface area contributed by atoms with Crippen molar-refractivity contribution in [1.29, 1.82) is 0 Å². The van der Waals surface area contributed by atoms with E-state index in [1.165, 1.54) is 57.8 Å². The largest absolute Gasteiger partial charge is 1.00 e. The average molecular weight is 401 g/mol. The third-order valence-electron chi connectivity index (χ3n) is 4.97. The number of rotatable bonds is 19. The molecule has 0 spiro atoms. The fraction of sp³-hybridized carbons (Fsp3) is 1.00. The van der Waals surface area contributed by atoms with Gasteiger partial charge in [0.05, 0.1) is 10.1 Å². The van der Waals surface area contributed by atoms with Crippen LogP contribution in [-0.2, 0) is 10.1 Å². The fourth-order valence-electron chi connectivity index (χ4n) is 3.31. The second kappa shape index (κ2) is 20.6. The second-order valence-electron chi connectivity index (χ2n) is 7.37. The van der Waals surface area contributed by atoms with E-state index in [1.54, 1.807) is 0 Å². The van der Waals surface area contributed by atoms with Gasteiger partial charge in [0.15, 0.2) is 0 Å². The van der Waals surface area contributed by atoms with E-state index in [2.05, 4.69) is 6.92 Å². The van der Waals surface area contributed by atoms with E-state index in [1.807, 2.05) is 0 Å². The smallest absolute Gasteiger partial charge is 0.748 e. The van der Waals surface area contributed by atoms with Gasteiger partial charge in [-0.1, -0.05) is 96.8 Å². The van der Waals surface area contributed by atoms with Crippen LogP contribution in [-0.4, -0.2) is 29.9 Å². The standard InChI is InChI=1S/C20H42O4S.Na/c1-2-3-4-5-6-7-8-9-10-11-12-14-17-20(25(22,23)24)18-15-13-16-19-21;/h20-21H,2-19H2,1H3,(H,22,23,24);/q;+1/p-1. The summed E-state index contributed by atoms with van der Waals surface area (Å²) in [5.74, 6) is 0. The summed E-state index contributed by atoms with van der Waals surface area (Å²) in [4.78, 5) is 0. The summed E-state index contributed by atoms with van der Waals surface area (Å²) in [6.45, 7) is 2.37. The Morgan fingerprint density at radius 2 is 1.04 bits per heavy atom. The first-order valence-corrected chi connectivity index (χ1v) is 12.0. The third-order valence-corrected chi connectivity index (χ3v) is 6.26. The molecule has 0 aromatic carbocycles. The number of hydrogen-bond donors (Lipinski definition) is 1. The van der Waals surface area contributed by atoms with Crippen molar-refractivity contribution in [2.24, 2.45) is 0 Å². The molecule has 0 aliphatic heterocycles. The van der Waals surface area contributed by atoms with Gasteiger partial charge in [0.2, 0.25) is 0 Å². The predicted octanol–water partition coefficient (Wildman–Crippen LogP) is 2.55. The van der Waals surface area contributed by atoms with Gasteiger partial charge < -0.3 is 9.66 Å². The zero-order valence-corrected chi connectivity index (χ0v) is 20.2. The van der Waals surface area contributed by atoms with Crippen LogP contribution in [0.4, 0.5) is 0 Å². The zero-order chi connectivity index (χ0) is 18.8. The topological polar surface area (TPSA) is 77.4 Å². The molecule has 0 rings (SSSR count). The number of aliphatic hydroxyl groups excluding tert-OH is 1. The van der Waals surface area contributed by atoms with Gasteiger partial charge in [0.25, 0.3) is 0 Å². The maximum atomic E-state index is 11.3. The van der Waals surface area contributed by atoms with Crippen molar-refractivity contribution in [3.05, 3.63) is 0 Å². The predicted molar refractivity (Wildman–Crippen MR) is 105 cm³/mol. The Labute approximate surface area is 185 Å². The van der Waals surface area contributed by atoms with Crippen LogP contribution in [0.3, 0.4) is 0 Å². The van der Waals surface area contributed by atoms with Gasteiger partial charge in [-0.15, -0.1) is 0 Å². The number of aliphatic hydroxyl groups is 1. The van der Waals surface area contributed by atoms with Crippen LogP contribution in [0.1, 0.15) is 116 Å². The summed E-state index contributed by atoms with van der Waals surface area (Å²) in [5, 5.41) is 8.01. The Morgan fingerprint density at radius 3 is 1.38 bits per heavy atom. The molecule has 0 radical (unpaired) electrons. The van der Waals surface area contributed by atoms with Crippen LogP contribution in [0.25, 0.3) is 0 Å². The molecule has 152 valence electrons. The first-order chi connectivity index (χ1) is 12.0. The Hall–Kier alpha value is 0.870. The molecule has 0 amide bonds. The van der Waals surface area contributed by atoms with Crippen molar-refractivity contribution in [2.45, 2.75) is 121 Å². The van der Waals surface area contributed by atoms with Crippen LogP contribution in [0.5, 0.6) is 0 Å². The van der Waals surface area contributed by atoms with E-state index in [-0.39, 0.29) is 36.2 Å². The molecule has 1 N–H and O–H groups in total. The normalized spacial score (nSPS) is 12.7. The molecule has 0 bridgehead atoms. The van der Waals surface area contributed by atoms with E-state index >= 15 is 0 Å². The molecule has 26 heavy (non-hydrogen) atoms.